The molecule has 0 aliphatic carbocycles. The van der Waals surface area contributed by atoms with Crippen molar-refractivity contribution in [2.24, 2.45) is 0 Å². The van der Waals surface area contributed by atoms with Crippen molar-refractivity contribution in [3.8, 4) is 0 Å². The zero-order valence-electron chi connectivity index (χ0n) is 13.0. The van der Waals surface area contributed by atoms with E-state index in [4.69, 9.17) is 0 Å². The first-order valence-electron chi connectivity index (χ1n) is 7.49. The number of amides is 2. The summed E-state index contributed by atoms with van der Waals surface area (Å²) in [5, 5.41) is 8.60. The molecule has 3 N–H and O–H groups in total. The third kappa shape index (κ3) is 5.10. The normalized spacial score (nSPS) is 11.6. The molecule has 1 atom stereocenters. The van der Waals surface area contributed by atoms with Gasteiger partial charge in [0.05, 0.1) is 5.56 Å². The van der Waals surface area contributed by atoms with Crippen LogP contribution in [0.1, 0.15) is 43.5 Å². The Bertz CT molecular complexity index is 474. The zero-order chi connectivity index (χ0) is 15.7. The number of benzene rings is 1. The Morgan fingerprint density at radius 2 is 1.90 bits per heavy atom. The molecule has 0 radical (unpaired) electrons. The van der Waals surface area contributed by atoms with E-state index in [0.29, 0.717) is 12.0 Å². The Balaban J connectivity index is 2.79. The molecular weight excluding hydrogens is 266 g/mol. The summed E-state index contributed by atoms with van der Waals surface area (Å²) in [6.07, 6.45) is 2.69. The summed E-state index contributed by atoms with van der Waals surface area (Å²) in [5.41, 5.74) is 1.37. The lowest BCUT2D eigenvalue weighted by molar-refractivity contribution is -0.122. The average Bonchev–Trinajstić information content (AvgIpc) is 2.52. The van der Waals surface area contributed by atoms with Gasteiger partial charge >= 0.3 is 0 Å². The average molecular weight is 291 g/mol. The number of unbranched alkanes of at least 4 members (excludes halogenated alkanes) is 1. The molecular formula is C16H25N3O2. The number of hydrogen-bond acceptors (Lipinski definition) is 3. The molecule has 0 aliphatic rings. The van der Waals surface area contributed by atoms with Crippen LogP contribution in [0.2, 0.25) is 0 Å². The molecule has 1 rings (SSSR count). The van der Waals surface area contributed by atoms with Gasteiger partial charge in [-0.05, 0) is 25.0 Å². The third-order valence-electron chi connectivity index (χ3n) is 3.29. The molecule has 2 amide bonds. The van der Waals surface area contributed by atoms with E-state index in [2.05, 4.69) is 22.9 Å². The molecule has 0 fully saturated rings. The molecule has 21 heavy (non-hydrogen) atoms. The fourth-order valence-corrected chi connectivity index (χ4v) is 2.00. The summed E-state index contributed by atoms with van der Waals surface area (Å²) in [6, 6.07) is 6.85. The van der Waals surface area contributed by atoms with E-state index in [0.717, 1.165) is 25.1 Å². The van der Waals surface area contributed by atoms with Crippen molar-refractivity contribution >= 4 is 17.5 Å². The molecule has 1 aromatic rings. The van der Waals surface area contributed by atoms with Crippen molar-refractivity contribution in [1.82, 2.24) is 10.6 Å². The lowest BCUT2D eigenvalue weighted by atomic mass is 10.1. The number of rotatable bonds is 8. The molecule has 5 nitrogen and oxygen atoms in total. The Morgan fingerprint density at radius 1 is 1.19 bits per heavy atom. The summed E-state index contributed by atoms with van der Waals surface area (Å²) >= 11 is 0. The van der Waals surface area contributed by atoms with Gasteiger partial charge in [-0.2, -0.15) is 0 Å². The quantitative estimate of drug-likeness (QED) is 0.643. The Labute approximate surface area is 126 Å². The van der Waals surface area contributed by atoms with E-state index < -0.39 is 6.04 Å². The molecule has 0 bridgehead atoms. The number of nitrogens with one attached hydrogen (secondary N) is 3. The summed E-state index contributed by atoms with van der Waals surface area (Å²) in [4.78, 5) is 24.0. The second-order valence-corrected chi connectivity index (χ2v) is 4.87. The maximum absolute atomic E-state index is 12.4. The van der Waals surface area contributed by atoms with E-state index in [9.17, 15) is 9.59 Å². The Morgan fingerprint density at radius 3 is 2.52 bits per heavy atom. The fourth-order valence-electron chi connectivity index (χ4n) is 2.00. The number of likely N-dealkylation sites (N-methyl/N-ethyl adjacent to an activating group) is 1. The van der Waals surface area contributed by atoms with Crippen LogP contribution in [0.5, 0.6) is 0 Å². The number of para-hydroxylation sites is 1. The minimum Gasteiger partial charge on any atom is -0.384 e. The highest BCUT2D eigenvalue weighted by Gasteiger charge is 2.19. The molecule has 0 heterocycles. The van der Waals surface area contributed by atoms with Gasteiger partial charge in [-0.15, -0.1) is 0 Å². The van der Waals surface area contributed by atoms with Crippen LogP contribution >= 0.6 is 0 Å². The zero-order valence-corrected chi connectivity index (χ0v) is 13.0. The highest BCUT2D eigenvalue weighted by Crippen LogP contribution is 2.15. The predicted molar refractivity (Wildman–Crippen MR) is 85.5 cm³/mol. The second-order valence-electron chi connectivity index (χ2n) is 4.87. The van der Waals surface area contributed by atoms with E-state index >= 15 is 0 Å². The minimum atomic E-state index is -0.508. The summed E-state index contributed by atoms with van der Waals surface area (Å²) in [6.45, 7) is 4.81. The number of carbonyl (C=O) groups excluding carboxylic acids is 2. The maximum Gasteiger partial charge on any atom is 0.254 e. The van der Waals surface area contributed by atoms with Crippen molar-refractivity contribution in [2.45, 2.75) is 39.2 Å². The topological polar surface area (TPSA) is 70.2 Å². The van der Waals surface area contributed by atoms with Gasteiger partial charge in [0.25, 0.3) is 5.91 Å². The van der Waals surface area contributed by atoms with Gasteiger partial charge in [0.15, 0.2) is 0 Å². The van der Waals surface area contributed by atoms with Crippen LogP contribution in [0, 0.1) is 0 Å². The monoisotopic (exact) mass is 291 g/mol. The maximum atomic E-state index is 12.4. The van der Waals surface area contributed by atoms with Gasteiger partial charge in [0.2, 0.25) is 5.91 Å². The van der Waals surface area contributed by atoms with Gasteiger partial charge < -0.3 is 16.0 Å². The SMILES string of the molecule is CCCCNc1ccccc1C(=O)N[C@H](CC)C(=O)NC. The van der Waals surface area contributed by atoms with E-state index in [1.807, 2.05) is 25.1 Å². The van der Waals surface area contributed by atoms with Gasteiger partial charge in [0.1, 0.15) is 6.04 Å². The first kappa shape index (κ1) is 17.0. The Kier molecular flexibility index (Phi) is 7.29. The van der Waals surface area contributed by atoms with Crippen LogP contribution in [0.3, 0.4) is 0 Å². The molecule has 0 unspecified atom stereocenters. The molecule has 1 aromatic carbocycles. The number of anilines is 1. The van der Waals surface area contributed by atoms with Gasteiger partial charge in [0, 0.05) is 19.3 Å². The van der Waals surface area contributed by atoms with Gasteiger partial charge in [-0.3, -0.25) is 9.59 Å². The second kappa shape index (κ2) is 9.00. The smallest absolute Gasteiger partial charge is 0.254 e. The van der Waals surface area contributed by atoms with Crippen LogP contribution in [0.15, 0.2) is 24.3 Å². The van der Waals surface area contributed by atoms with Gasteiger partial charge in [-0.25, -0.2) is 0 Å². The van der Waals surface area contributed by atoms with Crippen LogP contribution in [-0.2, 0) is 4.79 Å². The van der Waals surface area contributed by atoms with Crippen molar-refractivity contribution in [1.29, 1.82) is 0 Å². The van der Waals surface area contributed by atoms with Crippen molar-refractivity contribution in [2.75, 3.05) is 18.9 Å². The molecule has 5 heteroatoms. The van der Waals surface area contributed by atoms with Crippen molar-refractivity contribution in [3.63, 3.8) is 0 Å². The van der Waals surface area contributed by atoms with E-state index in [1.54, 1.807) is 13.1 Å². The lowest BCUT2D eigenvalue weighted by Gasteiger charge is -2.17. The Hall–Kier alpha value is -2.04. The van der Waals surface area contributed by atoms with Crippen molar-refractivity contribution in [3.05, 3.63) is 29.8 Å². The fraction of sp³-hybridized carbons (Fsp3) is 0.500. The van der Waals surface area contributed by atoms with Crippen LogP contribution < -0.4 is 16.0 Å². The molecule has 0 saturated heterocycles. The lowest BCUT2D eigenvalue weighted by Crippen LogP contribution is -2.45. The summed E-state index contributed by atoms with van der Waals surface area (Å²) in [7, 11) is 1.57. The molecule has 0 aromatic heterocycles. The number of hydrogen-bond donors (Lipinski definition) is 3. The predicted octanol–water partition coefficient (Wildman–Crippen LogP) is 2.15. The standard InChI is InChI=1S/C16H25N3O2/c1-4-6-11-18-14-10-8-7-9-12(14)15(20)19-13(5-2)16(21)17-3/h7-10,13,18H,4-6,11H2,1-3H3,(H,17,21)(H,19,20)/t13-/m1/s1. The third-order valence-corrected chi connectivity index (χ3v) is 3.29. The first-order valence-corrected chi connectivity index (χ1v) is 7.49. The summed E-state index contributed by atoms with van der Waals surface area (Å²) in [5.74, 6) is -0.410. The van der Waals surface area contributed by atoms with E-state index in [-0.39, 0.29) is 11.8 Å². The largest absolute Gasteiger partial charge is 0.384 e. The highest BCUT2D eigenvalue weighted by molar-refractivity contribution is 6.01. The highest BCUT2D eigenvalue weighted by atomic mass is 16.2. The van der Waals surface area contributed by atoms with Crippen LogP contribution in [-0.4, -0.2) is 31.4 Å². The van der Waals surface area contributed by atoms with Crippen LogP contribution in [0.25, 0.3) is 0 Å². The van der Waals surface area contributed by atoms with E-state index in [1.165, 1.54) is 0 Å². The van der Waals surface area contributed by atoms with Crippen molar-refractivity contribution < 1.29 is 9.59 Å². The van der Waals surface area contributed by atoms with Crippen LogP contribution in [0.4, 0.5) is 5.69 Å². The van der Waals surface area contributed by atoms with Gasteiger partial charge in [-0.1, -0.05) is 32.4 Å². The molecule has 0 spiro atoms. The number of carbonyl (C=O) groups is 2. The summed E-state index contributed by atoms with van der Waals surface area (Å²) < 4.78 is 0. The molecule has 0 aliphatic heterocycles. The minimum absolute atomic E-state index is 0.178. The molecule has 0 saturated carbocycles. The molecule has 116 valence electrons. The first-order chi connectivity index (χ1) is 10.1.